The zero-order chi connectivity index (χ0) is 23.3. The highest BCUT2D eigenvalue weighted by Crippen LogP contribution is 2.33. The second-order valence-corrected chi connectivity index (χ2v) is 8.38. The summed E-state index contributed by atoms with van der Waals surface area (Å²) >= 11 is 0. The zero-order valence-electron chi connectivity index (χ0n) is 19.2. The van der Waals surface area contributed by atoms with Crippen LogP contribution < -0.4 is 4.74 Å². The highest BCUT2D eigenvalue weighted by molar-refractivity contribution is 5.97. The lowest BCUT2D eigenvalue weighted by Crippen LogP contribution is -2.41. The normalized spacial score (nSPS) is 16.1. The molecule has 32 heavy (non-hydrogen) atoms. The molecule has 1 saturated carbocycles. The molecule has 2 unspecified atom stereocenters. The standard InChI is InChI=1S/C25H32N2O5/c1-16(27(3)24(29)22-23(28)21(31-4)14-15-26-22)25(30)32-17(2)18-10-12-20(13-11-18)19-8-6-5-7-9-19/h10-17,19,28H,5-9H2,1-4H3. The molecule has 1 aromatic carbocycles. The van der Waals surface area contributed by atoms with Crippen molar-refractivity contribution in [2.45, 2.75) is 64.0 Å². The average molecular weight is 441 g/mol. The fourth-order valence-corrected chi connectivity index (χ4v) is 4.07. The lowest BCUT2D eigenvalue weighted by atomic mass is 9.84. The molecule has 1 amide bonds. The van der Waals surface area contributed by atoms with Crippen LogP contribution in [0.3, 0.4) is 0 Å². The number of benzene rings is 1. The van der Waals surface area contributed by atoms with E-state index in [9.17, 15) is 14.7 Å². The number of esters is 1. The molecule has 0 bridgehead atoms. The molecule has 0 saturated heterocycles. The Morgan fingerprint density at radius 1 is 1.09 bits per heavy atom. The molecular weight excluding hydrogens is 408 g/mol. The van der Waals surface area contributed by atoms with Crippen LogP contribution >= 0.6 is 0 Å². The Morgan fingerprint density at radius 3 is 2.38 bits per heavy atom. The number of methoxy groups -OCH3 is 1. The number of hydrogen-bond acceptors (Lipinski definition) is 6. The Morgan fingerprint density at radius 2 is 1.75 bits per heavy atom. The average Bonchev–Trinajstić information content (AvgIpc) is 2.83. The first-order valence-electron chi connectivity index (χ1n) is 11.1. The van der Waals surface area contributed by atoms with Gasteiger partial charge in [0, 0.05) is 19.3 Å². The quantitative estimate of drug-likeness (QED) is 0.633. The van der Waals surface area contributed by atoms with E-state index in [0.717, 1.165) is 5.56 Å². The molecule has 1 aliphatic rings. The van der Waals surface area contributed by atoms with Crippen molar-refractivity contribution in [3.63, 3.8) is 0 Å². The molecule has 3 rings (SSSR count). The second kappa shape index (κ2) is 10.5. The Bertz CT molecular complexity index is 938. The molecule has 1 aliphatic carbocycles. The van der Waals surface area contributed by atoms with Gasteiger partial charge in [-0.15, -0.1) is 0 Å². The highest BCUT2D eigenvalue weighted by Gasteiger charge is 2.29. The van der Waals surface area contributed by atoms with Gasteiger partial charge in [0.05, 0.1) is 7.11 Å². The van der Waals surface area contributed by atoms with Crippen molar-refractivity contribution in [2.75, 3.05) is 14.2 Å². The Kier molecular flexibility index (Phi) is 7.72. The van der Waals surface area contributed by atoms with Gasteiger partial charge in [-0.1, -0.05) is 43.5 Å². The van der Waals surface area contributed by atoms with Crippen molar-refractivity contribution in [3.05, 3.63) is 53.3 Å². The van der Waals surface area contributed by atoms with Gasteiger partial charge < -0.3 is 19.5 Å². The molecule has 7 nitrogen and oxygen atoms in total. The van der Waals surface area contributed by atoms with Crippen molar-refractivity contribution < 1.29 is 24.2 Å². The summed E-state index contributed by atoms with van der Waals surface area (Å²) in [7, 11) is 2.86. The van der Waals surface area contributed by atoms with Crippen LogP contribution in [0.15, 0.2) is 36.5 Å². The summed E-state index contributed by atoms with van der Waals surface area (Å²) in [6.07, 6.45) is 7.28. The van der Waals surface area contributed by atoms with Gasteiger partial charge in [-0.05, 0) is 43.7 Å². The van der Waals surface area contributed by atoms with E-state index < -0.39 is 24.0 Å². The van der Waals surface area contributed by atoms with E-state index in [4.69, 9.17) is 9.47 Å². The number of likely N-dealkylation sites (N-methyl/N-ethyl adjacent to an activating group) is 1. The molecule has 7 heteroatoms. The van der Waals surface area contributed by atoms with Gasteiger partial charge in [0.15, 0.2) is 17.2 Å². The Balaban J connectivity index is 1.62. The number of amides is 1. The third kappa shape index (κ3) is 5.21. The number of hydrogen-bond donors (Lipinski definition) is 1. The van der Waals surface area contributed by atoms with Crippen LogP contribution in [0.1, 0.15) is 79.6 Å². The van der Waals surface area contributed by atoms with Crippen molar-refractivity contribution in [1.82, 2.24) is 9.88 Å². The Hall–Kier alpha value is -3.09. The monoisotopic (exact) mass is 440 g/mol. The smallest absolute Gasteiger partial charge is 0.329 e. The molecule has 1 N–H and O–H groups in total. The maximum absolute atomic E-state index is 12.8. The summed E-state index contributed by atoms with van der Waals surface area (Å²) in [6.45, 7) is 3.40. The number of ether oxygens (including phenoxy) is 2. The van der Waals surface area contributed by atoms with Crippen LogP contribution in [0.5, 0.6) is 11.5 Å². The number of nitrogens with zero attached hydrogens (tertiary/aromatic N) is 2. The maximum Gasteiger partial charge on any atom is 0.329 e. The predicted molar refractivity (Wildman–Crippen MR) is 121 cm³/mol. The maximum atomic E-state index is 12.8. The molecule has 172 valence electrons. The molecule has 1 heterocycles. The van der Waals surface area contributed by atoms with Gasteiger partial charge in [-0.3, -0.25) is 4.79 Å². The third-order valence-corrected chi connectivity index (χ3v) is 6.33. The predicted octanol–water partition coefficient (Wildman–Crippen LogP) is 4.61. The van der Waals surface area contributed by atoms with E-state index in [1.54, 1.807) is 6.92 Å². The van der Waals surface area contributed by atoms with E-state index in [-0.39, 0.29) is 17.2 Å². The van der Waals surface area contributed by atoms with Gasteiger partial charge in [-0.2, -0.15) is 0 Å². The van der Waals surface area contributed by atoms with Crippen LogP contribution in [0.25, 0.3) is 0 Å². The summed E-state index contributed by atoms with van der Waals surface area (Å²) in [4.78, 5) is 30.6. The molecule has 0 spiro atoms. The van der Waals surface area contributed by atoms with Gasteiger partial charge in [0.25, 0.3) is 5.91 Å². The number of rotatable bonds is 7. The molecule has 2 atom stereocenters. The van der Waals surface area contributed by atoms with E-state index in [1.807, 2.05) is 19.1 Å². The summed E-state index contributed by atoms with van der Waals surface area (Å²) in [5, 5.41) is 10.2. The van der Waals surface area contributed by atoms with E-state index in [0.29, 0.717) is 5.92 Å². The van der Waals surface area contributed by atoms with Crippen LogP contribution in [0.2, 0.25) is 0 Å². The fraction of sp³-hybridized carbons (Fsp3) is 0.480. The number of aromatic nitrogens is 1. The topological polar surface area (TPSA) is 89.0 Å². The number of carbonyl (C=O) groups is 2. The first-order chi connectivity index (χ1) is 15.3. The van der Waals surface area contributed by atoms with Crippen molar-refractivity contribution in [1.29, 1.82) is 0 Å². The van der Waals surface area contributed by atoms with Crippen molar-refractivity contribution >= 4 is 11.9 Å². The number of pyridine rings is 1. The van der Waals surface area contributed by atoms with Crippen LogP contribution in [0.4, 0.5) is 0 Å². The van der Waals surface area contributed by atoms with Crippen molar-refractivity contribution in [2.24, 2.45) is 0 Å². The summed E-state index contributed by atoms with van der Waals surface area (Å²) in [6, 6.07) is 8.88. The minimum absolute atomic E-state index is 0.136. The minimum atomic E-state index is -0.862. The summed E-state index contributed by atoms with van der Waals surface area (Å²) in [5.74, 6) is -0.740. The van der Waals surface area contributed by atoms with Gasteiger partial charge in [-0.25, -0.2) is 9.78 Å². The highest BCUT2D eigenvalue weighted by atomic mass is 16.5. The number of carbonyl (C=O) groups excluding carboxylic acids is 2. The first-order valence-corrected chi connectivity index (χ1v) is 11.1. The molecular formula is C25H32N2O5. The SMILES string of the molecule is COc1ccnc(C(=O)N(C)C(C)C(=O)OC(C)c2ccc(C3CCCCC3)cc2)c1O. The summed E-state index contributed by atoms with van der Waals surface area (Å²) < 4.78 is 10.6. The molecule has 1 fully saturated rings. The summed E-state index contributed by atoms with van der Waals surface area (Å²) in [5.41, 5.74) is 2.07. The van der Waals surface area contributed by atoms with Gasteiger partial charge in [0.1, 0.15) is 12.1 Å². The van der Waals surface area contributed by atoms with Crippen LogP contribution in [0, 0.1) is 0 Å². The van der Waals surface area contributed by atoms with Gasteiger partial charge >= 0.3 is 5.97 Å². The third-order valence-electron chi connectivity index (χ3n) is 6.33. The van der Waals surface area contributed by atoms with Crippen LogP contribution in [-0.4, -0.2) is 47.1 Å². The lowest BCUT2D eigenvalue weighted by molar-refractivity contribution is -0.153. The fourth-order valence-electron chi connectivity index (χ4n) is 4.07. The van der Waals surface area contributed by atoms with E-state index in [2.05, 4.69) is 17.1 Å². The Labute approximate surface area is 189 Å². The van der Waals surface area contributed by atoms with Crippen LogP contribution in [-0.2, 0) is 9.53 Å². The van der Waals surface area contributed by atoms with E-state index >= 15 is 0 Å². The molecule has 0 aliphatic heterocycles. The van der Waals surface area contributed by atoms with Gasteiger partial charge in [0.2, 0.25) is 0 Å². The first kappa shape index (κ1) is 23.6. The molecule has 2 aromatic rings. The zero-order valence-corrected chi connectivity index (χ0v) is 19.2. The largest absolute Gasteiger partial charge is 0.503 e. The minimum Gasteiger partial charge on any atom is -0.503 e. The lowest BCUT2D eigenvalue weighted by Gasteiger charge is -2.25. The van der Waals surface area contributed by atoms with Crippen molar-refractivity contribution in [3.8, 4) is 11.5 Å². The molecule has 0 radical (unpaired) electrons. The number of aromatic hydroxyl groups is 1. The van der Waals surface area contributed by atoms with E-state index in [1.165, 1.54) is 69.0 Å². The molecule has 1 aromatic heterocycles. The second-order valence-electron chi connectivity index (χ2n) is 8.38.